The fourth-order valence-electron chi connectivity index (χ4n) is 2.04. The number of ether oxygens (including phenoxy) is 1. The molecule has 0 saturated carbocycles. The molecule has 14 heavy (non-hydrogen) atoms. The first kappa shape index (κ1) is 11.5. The second kappa shape index (κ2) is 4.81. The van der Waals surface area contributed by atoms with E-state index in [9.17, 15) is 4.79 Å². The van der Waals surface area contributed by atoms with Gasteiger partial charge in [-0.2, -0.15) is 0 Å². The molecule has 0 aromatic heterocycles. The first-order valence-corrected chi connectivity index (χ1v) is 5.74. The molecule has 0 amide bonds. The Morgan fingerprint density at radius 1 is 1.50 bits per heavy atom. The largest absolute Gasteiger partial charge is 0.459 e. The fourth-order valence-corrected chi connectivity index (χ4v) is 2.04. The Labute approximate surface area is 87.0 Å². The molecule has 2 nitrogen and oxygen atoms in total. The van der Waals surface area contributed by atoms with E-state index in [4.69, 9.17) is 4.74 Å². The monoisotopic (exact) mass is 198 g/mol. The lowest BCUT2D eigenvalue weighted by atomic mass is 9.89. The number of hydrogen-bond acceptors (Lipinski definition) is 2. The lowest BCUT2D eigenvalue weighted by molar-refractivity contribution is -0.165. The third kappa shape index (κ3) is 3.69. The summed E-state index contributed by atoms with van der Waals surface area (Å²) in [5.74, 6) is 0.737. The van der Waals surface area contributed by atoms with Crippen molar-refractivity contribution < 1.29 is 9.53 Å². The van der Waals surface area contributed by atoms with Crippen LogP contribution in [0.1, 0.15) is 59.3 Å². The number of carbonyl (C=O) groups is 1. The molecule has 1 aliphatic rings. The van der Waals surface area contributed by atoms with E-state index in [1.165, 1.54) is 12.8 Å². The summed E-state index contributed by atoms with van der Waals surface area (Å²) in [6.07, 6.45) is 6.07. The van der Waals surface area contributed by atoms with Crippen LogP contribution in [0.2, 0.25) is 0 Å². The Hall–Kier alpha value is -0.530. The summed E-state index contributed by atoms with van der Waals surface area (Å²) in [6.45, 7) is 6.54. The Balaban J connectivity index is 2.30. The normalized spacial score (nSPS) is 27.9. The molecule has 1 rings (SSSR count). The lowest BCUT2D eigenvalue weighted by Crippen LogP contribution is -2.35. The molecule has 1 fully saturated rings. The average Bonchev–Trinajstić information content (AvgIpc) is 2.01. The van der Waals surface area contributed by atoms with Crippen LogP contribution in [0.25, 0.3) is 0 Å². The first-order valence-electron chi connectivity index (χ1n) is 5.74. The minimum atomic E-state index is -0.162. The lowest BCUT2D eigenvalue weighted by Gasteiger charge is -2.33. The van der Waals surface area contributed by atoms with Crippen molar-refractivity contribution in [2.45, 2.75) is 64.9 Å². The van der Waals surface area contributed by atoms with Gasteiger partial charge < -0.3 is 4.74 Å². The minimum absolute atomic E-state index is 0.0108. The standard InChI is InChI=1S/C12H22O2/c1-10(2)6-4-8-12(3)9-5-7-11(13)14-12/h10H,4-9H2,1-3H3. The fraction of sp³-hybridized carbons (Fsp3) is 0.917. The third-order valence-corrected chi connectivity index (χ3v) is 2.93. The van der Waals surface area contributed by atoms with Crippen LogP contribution in [0.3, 0.4) is 0 Å². The molecule has 1 aliphatic heterocycles. The smallest absolute Gasteiger partial charge is 0.306 e. The Morgan fingerprint density at radius 3 is 2.79 bits per heavy atom. The molecule has 0 bridgehead atoms. The van der Waals surface area contributed by atoms with Crippen LogP contribution in [0.5, 0.6) is 0 Å². The maximum absolute atomic E-state index is 11.2. The number of rotatable bonds is 4. The van der Waals surface area contributed by atoms with Gasteiger partial charge >= 0.3 is 5.97 Å². The molecule has 0 radical (unpaired) electrons. The van der Waals surface area contributed by atoms with E-state index in [-0.39, 0.29) is 11.6 Å². The van der Waals surface area contributed by atoms with Gasteiger partial charge in [-0.05, 0) is 38.5 Å². The third-order valence-electron chi connectivity index (χ3n) is 2.93. The minimum Gasteiger partial charge on any atom is -0.459 e. The van der Waals surface area contributed by atoms with Crippen molar-refractivity contribution in [1.82, 2.24) is 0 Å². The van der Waals surface area contributed by atoms with Crippen molar-refractivity contribution in [2.75, 3.05) is 0 Å². The van der Waals surface area contributed by atoms with E-state index in [2.05, 4.69) is 20.8 Å². The molecule has 1 atom stereocenters. The molecule has 0 aromatic rings. The van der Waals surface area contributed by atoms with Crippen LogP contribution in [-0.4, -0.2) is 11.6 Å². The van der Waals surface area contributed by atoms with E-state index < -0.39 is 0 Å². The Bertz CT molecular complexity index is 198. The molecule has 1 saturated heterocycles. The highest BCUT2D eigenvalue weighted by atomic mass is 16.6. The summed E-state index contributed by atoms with van der Waals surface area (Å²) in [5, 5.41) is 0. The van der Waals surface area contributed by atoms with Gasteiger partial charge in [0, 0.05) is 6.42 Å². The quantitative estimate of drug-likeness (QED) is 0.648. The number of esters is 1. The van der Waals surface area contributed by atoms with E-state index >= 15 is 0 Å². The highest BCUT2D eigenvalue weighted by molar-refractivity contribution is 5.70. The molecule has 2 heteroatoms. The predicted molar refractivity (Wildman–Crippen MR) is 57.0 cm³/mol. The molecule has 1 unspecified atom stereocenters. The summed E-state index contributed by atoms with van der Waals surface area (Å²) in [4.78, 5) is 11.2. The molecular weight excluding hydrogens is 176 g/mol. The van der Waals surface area contributed by atoms with Crippen molar-refractivity contribution >= 4 is 5.97 Å². The van der Waals surface area contributed by atoms with Crippen LogP contribution < -0.4 is 0 Å². The zero-order valence-electron chi connectivity index (χ0n) is 9.64. The van der Waals surface area contributed by atoms with Crippen LogP contribution in [0, 0.1) is 5.92 Å². The van der Waals surface area contributed by atoms with E-state index in [1.54, 1.807) is 0 Å². The Kier molecular flexibility index (Phi) is 3.97. The van der Waals surface area contributed by atoms with Crippen LogP contribution >= 0.6 is 0 Å². The molecule has 0 N–H and O–H groups in total. The molecule has 0 spiro atoms. The summed E-state index contributed by atoms with van der Waals surface area (Å²) >= 11 is 0. The highest BCUT2D eigenvalue weighted by Crippen LogP contribution is 2.30. The zero-order valence-corrected chi connectivity index (χ0v) is 9.64. The molecule has 1 heterocycles. The van der Waals surface area contributed by atoms with Crippen molar-refractivity contribution in [3.05, 3.63) is 0 Å². The van der Waals surface area contributed by atoms with Gasteiger partial charge in [-0.15, -0.1) is 0 Å². The molecular formula is C12H22O2. The molecule has 82 valence electrons. The van der Waals surface area contributed by atoms with Gasteiger partial charge in [0.15, 0.2) is 0 Å². The maximum Gasteiger partial charge on any atom is 0.306 e. The molecule has 0 aromatic carbocycles. The van der Waals surface area contributed by atoms with Gasteiger partial charge in [0.05, 0.1) is 0 Å². The number of cyclic esters (lactones) is 1. The van der Waals surface area contributed by atoms with E-state index in [0.717, 1.165) is 25.2 Å². The number of carbonyl (C=O) groups excluding carboxylic acids is 1. The van der Waals surface area contributed by atoms with Gasteiger partial charge in [-0.25, -0.2) is 0 Å². The van der Waals surface area contributed by atoms with Gasteiger partial charge in [0.1, 0.15) is 5.60 Å². The van der Waals surface area contributed by atoms with Gasteiger partial charge in [-0.1, -0.05) is 20.3 Å². The van der Waals surface area contributed by atoms with Crippen LogP contribution in [0.15, 0.2) is 0 Å². The van der Waals surface area contributed by atoms with Crippen LogP contribution in [-0.2, 0) is 9.53 Å². The van der Waals surface area contributed by atoms with Crippen LogP contribution in [0.4, 0.5) is 0 Å². The SMILES string of the molecule is CC(C)CCCC1(C)CCCC(=O)O1. The summed E-state index contributed by atoms with van der Waals surface area (Å²) in [7, 11) is 0. The topological polar surface area (TPSA) is 26.3 Å². The maximum atomic E-state index is 11.2. The second-order valence-electron chi connectivity index (χ2n) is 5.06. The van der Waals surface area contributed by atoms with Crippen molar-refractivity contribution in [1.29, 1.82) is 0 Å². The van der Waals surface area contributed by atoms with E-state index in [1.807, 2.05) is 0 Å². The average molecular weight is 198 g/mol. The summed E-state index contributed by atoms with van der Waals surface area (Å²) in [6, 6.07) is 0. The predicted octanol–water partition coefficient (Wildman–Crippen LogP) is 3.30. The van der Waals surface area contributed by atoms with Gasteiger partial charge in [0.2, 0.25) is 0 Å². The van der Waals surface area contributed by atoms with Gasteiger partial charge in [-0.3, -0.25) is 4.79 Å². The van der Waals surface area contributed by atoms with Crippen molar-refractivity contribution in [3.8, 4) is 0 Å². The van der Waals surface area contributed by atoms with Crippen molar-refractivity contribution in [2.24, 2.45) is 5.92 Å². The van der Waals surface area contributed by atoms with Crippen molar-refractivity contribution in [3.63, 3.8) is 0 Å². The number of hydrogen-bond donors (Lipinski definition) is 0. The summed E-state index contributed by atoms with van der Waals surface area (Å²) < 4.78 is 5.42. The molecule has 0 aliphatic carbocycles. The Morgan fingerprint density at radius 2 is 2.21 bits per heavy atom. The van der Waals surface area contributed by atoms with Gasteiger partial charge in [0.25, 0.3) is 0 Å². The van der Waals surface area contributed by atoms with E-state index in [0.29, 0.717) is 6.42 Å². The summed E-state index contributed by atoms with van der Waals surface area (Å²) in [5.41, 5.74) is -0.162. The highest BCUT2D eigenvalue weighted by Gasteiger charge is 2.31. The zero-order chi connectivity index (χ0) is 10.6. The first-order chi connectivity index (χ1) is 6.52. The second-order valence-corrected chi connectivity index (χ2v) is 5.06.